The van der Waals surface area contributed by atoms with E-state index >= 15 is 0 Å². The Morgan fingerprint density at radius 3 is 2.95 bits per heavy atom. The number of carbonyl (C=O) groups is 2. The first-order valence-electron chi connectivity index (χ1n) is 5.98. The van der Waals surface area contributed by atoms with Crippen molar-refractivity contribution < 1.29 is 19.4 Å². The molecule has 0 saturated carbocycles. The fourth-order valence-electron chi connectivity index (χ4n) is 1.85. The number of benzene rings is 1. The van der Waals surface area contributed by atoms with Crippen molar-refractivity contribution in [2.24, 2.45) is 0 Å². The summed E-state index contributed by atoms with van der Waals surface area (Å²) in [6, 6.07) is 7.99. The second-order valence-corrected chi connectivity index (χ2v) is 5.40. The molecule has 102 valence electrons. The lowest BCUT2D eigenvalue weighted by atomic mass is 10.1. The Bertz CT molecular complexity index is 452. The van der Waals surface area contributed by atoms with Crippen LogP contribution in [0.25, 0.3) is 0 Å². The Kier molecular flexibility index (Phi) is 4.81. The first-order valence-corrected chi connectivity index (χ1v) is 6.86. The average Bonchev–Trinajstić information content (AvgIpc) is 2.81. The van der Waals surface area contributed by atoms with Gasteiger partial charge in [0.15, 0.2) is 0 Å². The summed E-state index contributed by atoms with van der Waals surface area (Å²) in [4.78, 5) is 23.3. The van der Waals surface area contributed by atoms with E-state index in [4.69, 9.17) is 9.84 Å². The highest BCUT2D eigenvalue weighted by atomic mass is 32.2. The van der Waals surface area contributed by atoms with Crippen molar-refractivity contribution in [3.63, 3.8) is 0 Å². The van der Waals surface area contributed by atoms with Crippen LogP contribution in [0.3, 0.4) is 0 Å². The zero-order valence-electron chi connectivity index (χ0n) is 10.3. The van der Waals surface area contributed by atoms with Gasteiger partial charge in [-0.05, 0) is 18.1 Å². The summed E-state index contributed by atoms with van der Waals surface area (Å²) in [7, 11) is 0. The van der Waals surface area contributed by atoms with Crippen molar-refractivity contribution in [2.75, 3.05) is 19.8 Å². The van der Waals surface area contributed by atoms with Crippen molar-refractivity contribution >= 4 is 23.6 Å². The minimum atomic E-state index is -1.01. The average molecular weight is 281 g/mol. The number of ether oxygens (including phenoxy) is 1. The van der Waals surface area contributed by atoms with E-state index in [0.717, 1.165) is 11.3 Å². The molecular weight excluding hydrogens is 266 g/mol. The molecule has 1 atom stereocenters. The molecule has 0 bridgehead atoms. The third-order valence-corrected chi connectivity index (χ3v) is 4.03. The van der Waals surface area contributed by atoms with E-state index in [9.17, 15) is 9.59 Å². The molecule has 1 heterocycles. The van der Waals surface area contributed by atoms with E-state index in [-0.39, 0.29) is 24.4 Å². The van der Waals surface area contributed by atoms with Crippen molar-refractivity contribution in [1.29, 1.82) is 0 Å². The molecule has 1 aliphatic heterocycles. The summed E-state index contributed by atoms with van der Waals surface area (Å²) >= 11 is 1.57. The molecule has 0 fully saturated rings. The Labute approximate surface area is 115 Å². The van der Waals surface area contributed by atoms with Gasteiger partial charge in [0.25, 0.3) is 0 Å². The molecular formula is C13H15NO4S. The number of hydrogen-bond donors (Lipinski definition) is 2. The van der Waals surface area contributed by atoms with Crippen molar-refractivity contribution in [1.82, 2.24) is 5.32 Å². The molecule has 5 nitrogen and oxygen atoms in total. The normalized spacial score (nSPS) is 16.9. The predicted octanol–water partition coefficient (Wildman–Crippen LogP) is 0.921. The number of aliphatic carboxylic acids is 1. The molecule has 2 rings (SSSR count). The number of hydrogen-bond acceptors (Lipinski definition) is 4. The summed E-state index contributed by atoms with van der Waals surface area (Å²) in [5.41, 5.74) is 1.20. The maximum atomic E-state index is 11.9. The lowest BCUT2D eigenvalue weighted by Gasteiger charge is -2.09. The van der Waals surface area contributed by atoms with Gasteiger partial charge >= 0.3 is 5.97 Å². The molecule has 1 aliphatic rings. The smallest absolute Gasteiger partial charge is 0.329 e. The Hall–Kier alpha value is -1.53. The third kappa shape index (κ3) is 3.97. The molecule has 0 spiro atoms. The van der Waals surface area contributed by atoms with Gasteiger partial charge in [-0.3, -0.25) is 4.79 Å². The van der Waals surface area contributed by atoms with E-state index in [1.165, 1.54) is 5.56 Å². The van der Waals surface area contributed by atoms with Gasteiger partial charge in [0.2, 0.25) is 5.91 Å². The molecule has 2 N–H and O–H groups in total. The SMILES string of the molecule is O=C(O)COCCNC(=O)C1Cc2ccccc2S1. The number of fused-ring (bicyclic) bond motifs is 1. The second-order valence-electron chi connectivity index (χ2n) is 4.16. The number of carboxylic acids is 1. The van der Waals surface area contributed by atoms with Gasteiger partial charge in [-0.25, -0.2) is 4.79 Å². The molecule has 1 amide bonds. The van der Waals surface area contributed by atoms with Crippen LogP contribution in [0, 0.1) is 0 Å². The quantitative estimate of drug-likeness (QED) is 0.758. The highest BCUT2D eigenvalue weighted by Crippen LogP contribution is 2.36. The highest BCUT2D eigenvalue weighted by Gasteiger charge is 2.27. The van der Waals surface area contributed by atoms with Gasteiger partial charge in [0, 0.05) is 11.4 Å². The number of thioether (sulfide) groups is 1. The maximum absolute atomic E-state index is 11.9. The Balaban J connectivity index is 1.70. The number of amides is 1. The van der Waals surface area contributed by atoms with Gasteiger partial charge < -0.3 is 15.2 Å². The minimum absolute atomic E-state index is 0.0277. The molecule has 6 heteroatoms. The Morgan fingerprint density at radius 1 is 1.42 bits per heavy atom. The van der Waals surface area contributed by atoms with Crippen LogP contribution < -0.4 is 5.32 Å². The van der Waals surface area contributed by atoms with Crippen LogP contribution >= 0.6 is 11.8 Å². The van der Waals surface area contributed by atoms with Crippen molar-refractivity contribution in [3.8, 4) is 0 Å². The molecule has 19 heavy (non-hydrogen) atoms. The van der Waals surface area contributed by atoms with Gasteiger partial charge in [0.1, 0.15) is 6.61 Å². The van der Waals surface area contributed by atoms with Gasteiger partial charge in [-0.2, -0.15) is 0 Å². The zero-order chi connectivity index (χ0) is 13.7. The van der Waals surface area contributed by atoms with E-state index in [1.807, 2.05) is 24.3 Å². The summed E-state index contributed by atoms with van der Waals surface area (Å²) in [5.74, 6) is -1.03. The largest absolute Gasteiger partial charge is 0.480 e. The first-order chi connectivity index (χ1) is 9.16. The minimum Gasteiger partial charge on any atom is -0.480 e. The third-order valence-electron chi connectivity index (χ3n) is 2.71. The topological polar surface area (TPSA) is 75.6 Å². The highest BCUT2D eigenvalue weighted by molar-refractivity contribution is 8.01. The number of carbonyl (C=O) groups excluding carboxylic acids is 1. The van der Waals surface area contributed by atoms with Crippen LogP contribution in [0.2, 0.25) is 0 Å². The number of nitrogens with one attached hydrogen (secondary N) is 1. The van der Waals surface area contributed by atoms with Gasteiger partial charge in [-0.1, -0.05) is 18.2 Å². The lowest BCUT2D eigenvalue weighted by Crippen LogP contribution is -2.35. The van der Waals surface area contributed by atoms with E-state index in [0.29, 0.717) is 6.54 Å². The molecule has 1 unspecified atom stereocenters. The van der Waals surface area contributed by atoms with Crippen LogP contribution in [-0.4, -0.2) is 42.0 Å². The molecule has 1 aromatic carbocycles. The van der Waals surface area contributed by atoms with E-state index in [1.54, 1.807) is 11.8 Å². The molecule has 0 saturated heterocycles. The molecule has 0 radical (unpaired) electrons. The number of rotatable bonds is 6. The van der Waals surface area contributed by atoms with Gasteiger partial charge in [-0.15, -0.1) is 11.8 Å². The lowest BCUT2D eigenvalue weighted by molar-refractivity contribution is -0.142. The standard InChI is InChI=1S/C13H15NO4S/c15-12(16)8-18-6-5-14-13(17)11-7-9-3-1-2-4-10(9)19-11/h1-4,11H,5-8H2,(H,14,17)(H,15,16). The fourth-order valence-corrected chi connectivity index (χ4v) is 3.07. The van der Waals surface area contributed by atoms with Gasteiger partial charge in [0.05, 0.1) is 11.9 Å². The van der Waals surface area contributed by atoms with Crippen LogP contribution in [0.4, 0.5) is 0 Å². The summed E-state index contributed by atoms with van der Waals surface area (Å²) in [6.07, 6.45) is 0.739. The molecule has 1 aromatic rings. The van der Waals surface area contributed by atoms with E-state index in [2.05, 4.69) is 5.32 Å². The van der Waals surface area contributed by atoms with Crippen LogP contribution in [-0.2, 0) is 20.7 Å². The predicted molar refractivity (Wildman–Crippen MR) is 71.3 cm³/mol. The number of carboxylic acid groups (broad SMARTS) is 1. The monoisotopic (exact) mass is 281 g/mol. The molecule has 0 aliphatic carbocycles. The first kappa shape index (κ1) is 13.9. The van der Waals surface area contributed by atoms with Crippen LogP contribution in [0.5, 0.6) is 0 Å². The van der Waals surface area contributed by atoms with Crippen LogP contribution in [0.15, 0.2) is 29.2 Å². The summed E-state index contributed by atoms with van der Waals surface area (Å²) < 4.78 is 4.85. The van der Waals surface area contributed by atoms with Crippen LogP contribution in [0.1, 0.15) is 5.56 Å². The second kappa shape index (κ2) is 6.58. The van der Waals surface area contributed by atoms with Crippen molar-refractivity contribution in [3.05, 3.63) is 29.8 Å². The summed E-state index contributed by atoms with van der Waals surface area (Å²) in [6.45, 7) is 0.210. The summed E-state index contributed by atoms with van der Waals surface area (Å²) in [5, 5.41) is 11.0. The fraction of sp³-hybridized carbons (Fsp3) is 0.385. The Morgan fingerprint density at radius 2 is 2.21 bits per heavy atom. The zero-order valence-corrected chi connectivity index (χ0v) is 11.1. The maximum Gasteiger partial charge on any atom is 0.329 e. The molecule has 0 aromatic heterocycles. The van der Waals surface area contributed by atoms with E-state index < -0.39 is 5.97 Å². The van der Waals surface area contributed by atoms with Crippen molar-refractivity contribution in [2.45, 2.75) is 16.6 Å².